The molecule has 6 rings (SSSR count). The van der Waals surface area contributed by atoms with Crippen LogP contribution in [-0.4, -0.2) is 105 Å². The second kappa shape index (κ2) is 19.6. The molecule has 1 saturated heterocycles. The Kier molecular flexibility index (Phi) is 14.4. The summed E-state index contributed by atoms with van der Waals surface area (Å²) < 4.78 is 5.77. The van der Waals surface area contributed by atoms with Crippen LogP contribution in [-0.2, 0) is 19.2 Å². The lowest BCUT2D eigenvalue weighted by Crippen LogP contribution is -2.61. The third-order valence-electron chi connectivity index (χ3n) is 11.6. The highest BCUT2D eigenvalue weighted by Crippen LogP contribution is 2.29. The molecule has 3 aromatic rings. The molecule has 0 spiro atoms. The second-order valence-electron chi connectivity index (χ2n) is 17.4. The molecule has 6 amide bonds. The Morgan fingerprint density at radius 3 is 2.25 bits per heavy atom. The van der Waals surface area contributed by atoms with Gasteiger partial charge < -0.3 is 41.3 Å². The van der Waals surface area contributed by atoms with Gasteiger partial charge in [0.1, 0.15) is 23.5 Å². The summed E-state index contributed by atoms with van der Waals surface area (Å²) in [5.41, 5.74) is -0.787. The summed E-state index contributed by atoms with van der Waals surface area (Å²) in [5.74, 6) is -3.72. The van der Waals surface area contributed by atoms with E-state index < -0.39 is 77.2 Å². The number of rotatable bonds is 15. The summed E-state index contributed by atoms with van der Waals surface area (Å²) >= 11 is 0. The first-order valence-electron chi connectivity index (χ1n) is 21.1. The van der Waals surface area contributed by atoms with Crippen molar-refractivity contribution in [3.8, 4) is 5.75 Å². The molecule has 1 unspecified atom stereocenters. The monoisotopic (exact) mass is 826 g/mol. The van der Waals surface area contributed by atoms with Crippen LogP contribution in [0, 0.1) is 17.3 Å². The molecule has 2 aliphatic carbocycles. The maximum atomic E-state index is 14.4. The molecule has 2 saturated carbocycles. The summed E-state index contributed by atoms with van der Waals surface area (Å²) in [4.78, 5) is 92.0. The molecule has 322 valence electrons. The van der Waals surface area contributed by atoms with Gasteiger partial charge in [0.2, 0.25) is 17.7 Å². The number of fused-ring (bicyclic) bond motifs is 1. The summed E-state index contributed by atoms with van der Waals surface area (Å²) in [6.07, 6.45) is 8.66. The molecule has 60 heavy (non-hydrogen) atoms. The van der Waals surface area contributed by atoms with Gasteiger partial charge >= 0.3 is 6.09 Å². The van der Waals surface area contributed by atoms with Gasteiger partial charge in [-0.2, -0.15) is 0 Å². The number of carbonyl (C=O) groups excluding carboxylic acids is 6. The van der Waals surface area contributed by atoms with Gasteiger partial charge in [-0.25, -0.2) is 9.78 Å². The van der Waals surface area contributed by atoms with Gasteiger partial charge in [-0.15, -0.1) is 0 Å². The van der Waals surface area contributed by atoms with Crippen LogP contribution < -0.4 is 31.3 Å². The lowest BCUT2D eigenvalue weighted by atomic mass is 9.82. The van der Waals surface area contributed by atoms with Crippen LogP contribution in [0.25, 0.3) is 10.8 Å². The van der Waals surface area contributed by atoms with Gasteiger partial charge in [0.15, 0.2) is 6.10 Å². The Hall–Kier alpha value is -5.64. The number of nitrogens with one attached hydrogen (secondary N) is 5. The van der Waals surface area contributed by atoms with E-state index in [1.165, 1.54) is 23.5 Å². The quantitative estimate of drug-likeness (QED) is 0.131. The topological polar surface area (TPSA) is 221 Å². The number of aliphatic hydroxyl groups excluding tert-OH is 1. The lowest BCUT2D eigenvalue weighted by Gasteiger charge is -2.35. The average molecular weight is 827 g/mol. The van der Waals surface area contributed by atoms with Crippen LogP contribution in [0.4, 0.5) is 4.79 Å². The first-order valence-corrected chi connectivity index (χ1v) is 21.1. The molecule has 1 aliphatic heterocycles. The Labute approximate surface area is 350 Å². The molecule has 3 aliphatic rings. The van der Waals surface area contributed by atoms with Crippen molar-refractivity contribution in [3.63, 3.8) is 0 Å². The zero-order valence-electron chi connectivity index (χ0n) is 34.8. The van der Waals surface area contributed by atoms with E-state index in [0.29, 0.717) is 31.4 Å². The number of hydrogen-bond donors (Lipinski definition) is 6. The summed E-state index contributed by atoms with van der Waals surface area (Å²) in [7, 11) is 0. The molecule has 2 aromatic carbocycles. The standard InChI is InChI=1S/C44H58N8O8/c1-5-11-32(36(53)41(57)47-29-17-18-29)48-38(54)31-24-52(43(59)60-30-19-16-26-12-9-10-15-28(26)22-30)25-34(31)49-42(58)37(44(2,3)4)51-40(56)35(27-13-7-6-8-14-27)50-39(55)33-23-45-20-21-46-33/h9-10,12,15-16,19-23,27,29,31-32,34-37,53H,5-8,11,13-14,17-18,24-25H2,1-4H3,(H,47,57)(H,48,54)(H,49,58)(H,50,55)(H,51,56)/t31-,32+,34+,35+,36?,37-/m1/s1. The number of aromatic nitrogens is 2. The fraction of sp³-hybridized carbons (Fsp3) is 0.545. The van der Waals surface area contributed by atoms with E-state index in [1.807, 2.05) is 37.3 Å². The van der Waals surface area contributed by atoms with Crippen LogP contribution in [0.15, 0.2) is 61.1 Å². The van der Waals surface area contributed by atoms with E-state index >= 15 is 0 Å². The van der Waals surface area contributed by atoms with Crippen molar-refractivity contribution < 1.29 is 38.6 Å². The van der Waals surface area contributed by atoms with Gasteiger partial charge in [0.05, 0.1) is 24.2 Å². The molecule has 16 nitrogen and oxygen atoms in total. The van der Waals surface area contributed by atoms with E-state index in [9.17, 15) is 33.9 Å². The number of likely N-dealkylation sites (tertiary alicyclic amines) is 1. The minimum absolute atomic E-state index is 0.00497. The third-order valence-corrected chi connectivity index (χ3v) is 11.6. The van der Waals surface area contributed by atoms with Crippen LogP contribution in [0.3, 0.4) is 0 Å². The zero-order valence-corrected chi connectivity index (χ0v) is 34.8. The van der Waals surface area contributed by atoms with Crippen LogP contribution in [0.1, 0.15) is 96.0 Å². The largest absolute Gasteiger partial charge is 0.415 e. The van der Waals surface area contributed by atoms with Crippen molar-refractivity contribution in [2.24, 2.45) is 17.3 Å². The fourth-order valence-corrected chi connectivity index (χ4v) is 8.04. The van der Waals surface area contributed by atoms with Crippen molar-refractivity contribution in [3.05, 3.63) is 66.7 Å². The summed E-state index contributed by atoms with van der Waals surface area (Å²) in [6, 6.07) is 8.91. The zero-order chi connectivity index (χ0) is 43.0. The minimum atomic E-state index is -1.51. The van der Waals surface area contributed by atoms with Crippen LogP contribution in [0.5, 0.6) is 5.75 Å². The number of aliphatic hydroxyl groups is 1. The second-order valence-corrected chi connectivity index (χ2v) is 17.4. The van der Waals surface area contributed by atoms with Gasteiger partial charge in [-0.1, -0.05) is 83.7 Å². The number of carbonyl (C=O) groups is 6. The highest BCUT2D eigenvalue weighted by molar-refractivity contribution is 5.97. The molecule has 2 heterocycles. The van der Waals surface area contributed by atoms with Crippen molar-refractivity contribution in [1.29, 1.82) is 0 Å². The molecule has 1 aromatic heterocycles. The van der Waals surface area contributed by atoms with Gasteiger partial charge in [-0.3, -0.25) is 29.0 Å². The number of ether oxygens (including phenoxy) is 1. The number of hydrogen-bond acceptors (Lipinski definition) is 10. The van der Waals surface area contributed by atoms with E-state index in [2.05, 4.69) is 36.6 Å². The van der Waals surface area contributed by atoms with Crippen molar-refractivity contribution >= 4 is 46.4 Å². The molecule has 3 fully saturated rings. The van der Waals surface area contributed by atoms with Crippen molar-refractivity contribution in [1.82, 2.24) is 41.5 Å². The average Bonchev–Trinajstić information content (AvgIpc) is 3.96. The summed E-state index contributed by atoms with van der Waals surface area (Å²) in [5, 5.41) is 27.2. The first kappa shape index (κ1) is 43.9. The lowest BCUT2D eigenvalue weighted by molar-refractivity contribution is -0.135. The highest BCUT2D eigenvalue weighted by Gasteiger charge is 2.45. The number of amides is 6. The fourth-order valence-electron chi connectivity index (χ4n) is 8.04. The maximum absolute atomic E-state index is 14.4. The molecule has 0 bridgehead atoms. The first-order chi connectivity index (χ1) is 28.7. The van der Waals surface area contributed by atoms with Crippen LogP contribution >= 0.6 is 0 Å². The van der Waals surface area contributed by atoms with Crippen molar-refractivity contribution in [2.45, 2.75) is 122 Å². The Morgan fingerprint density at radius 1 is 0.850 bits per heavy atom. The Morgan fingerprint density at radius 2 is 1.58 bits per heavy atom. The SMILES string of the molecule is CCC[C@H](NC(=O)[C@@H]1CN(C(=O)Oc2ccc3ccccc3c2)C[C@@H]1NC(=O)[C@@H](NC(=O)[C@@H](NC(=O)c1cnccn1)C1CCCCC1)C(C)(C)C)C(O)C(=O)NC1CC1. The smallest absolute Gasteiger partial charge is 0.410 e. The highest BCUT2D eigenvalue weighted by atomic mass is 16.6. The Bertz CT molecular complexity index is 2020. The predicted molar refractivity (Wildman–Crippen MR) is 222 cm³/mol. The van der Waals surface area contributed by atoms with Gasteiger partial charge in [-0.05, 0) is 66.3 Å². The van der Waals surface area contributed by atoms with E-state index in [0.717, 1.165) is 42.9 Å². The van der Waals surface area contributed by atoms with Crippen LogP contribution in [0.2, 0.25) is 0 Å². The van der Waals surface area contributed by atoms with E-state index in [-0.39, 0.29) is 30.7 Å². The van der Waals surface area contributed by atoms with Gasteiger partial charge in [0, 0.05) is 31.5 Å². The molecule has 0 radical (unpaired) electrons. The predicted octanol–water partition coefficient (Wildman–Crippen LogP) is 3.38. The number of nitrogens with zero attached hydrogens (tertiary/aromatic N) is 3. The number of benzene rings is 2. The molecule has 16 heteroatoms. The third kappa shape index (κ3) is 11.3. The molecular formula is C44H58N8O8. The maximum Gasteiger partial charge on any atom is 0.415 e. The van der Waals surface area contributed by atoms with E-state index in [4.69, 9.17) is 4.74 Å². The van der Waals surface area contributed by atoms with Gasteiger partial charge in [0.25, 0.3) is 11.8 Å². The molecular weight excluding hydrogens is 769 g/mol. The Balaban J connectivity index is 1.21. The normalized spacial score (nSPS) is 20.2. The van der Waals surface area contributed by atoms with E-state index in [1.54, 1.807) is 32.9 Å². The molecule has 6 atom stereocenters. The molecule has 6 N–H and O–H groups in total. The minimum Gasteiger partial charge on any atom is -0.410 e. The summed E-state index contributed by atoms with van der Waals surface area (Å²) in [6.45, 7) is 7.00. The van der Waals surface area contributed by atoms with Crippen molar-refractivity contribution in [2.75, 3.05) is 13.1 Å².